The minimum absolute atomic E-state index is 0.581. The van der Waals surface area contributed by atoms with Crippen molar-refractivity contribution in [3.05, 3.63) is 12.2 Å². The molecule has 1 saturated carbocycles. The normalized spacial score (nSPS) is 22.5. The van der Waals surface area contributed by atoms with Crippen LogP contribution >= 0.6 is 0 Å². The first-order valence-electron chi connectivity index (χ1n) is 9.23. The summed E-state index contributed by atoms with van der Waals surface area (Å²) in [5.41, 5.74) is 0. The Morgan fingerprint density at radius 2 is 1.91 bits per heavy atom. The minimum atomic E-state index is 0.581. The minimum Gasteiger partial charge on any atom is -0.357 e. The maximum Gasteiger partial charge on any atom is 0.191 e. The number of likely N-dealkylation sites (tertiary alicyclic amines) is 1. The highest BCUT2D eigenvalue weighted by Gasteiger charge is 2.27. The zero-order chi connectivity index (χ0) is 15.6. The largest absolute Gasteiger partial charge is 0.357 e. The van der Waals surface area contributed by atoms with Crippen LogP contribution in [0.15, 0.2) is 17.1 Å². The number of aliphatic imine (C=N–C) groups is 1. The lowest BCUT2D eigenvalue weighted by Gasteiger charge is -2.36. The van der Waals surface area contributed by atoms with Crippen LogP contribution in [0.3, 0.4) is 0 Å². The van der Waals surface area contributed by atoms with Gasteiger partial charge in [0.05, 0.1) is 0 Å². The van der Waals surface area contributed by atoms with Crippen molar-refractivity contribution in [1.82, 2.24) is 15.5 Å². The highest BCUT2D eigenvalue weighted by Crippen LogP contribution is 2.26. The topological polar surface area (TPSA) is 39.7 Å². The van der Waals surface area contributed by atoms with Crippen LogP contribution in [0.5, 0.6) is 0 Å². The van der Waals surface area contributed by atoms with Gasteiger partial charge in [-0.1, -0.05) is 25.0 Å². The third kappa shape index (κ3) is 5.64. The second-order valence-corrected chi connectivity index (χ2v) is 6.51. The molecule has 0 bridgehead atoms. The zero-order valence-electron chi connectivity index (χ0n) is 14.5. The van der Waals surface area contributed by atoms with Gasteiger partial charge in [-0.25, -0.2) is 0 Å². The van der Waals surface area contributed by atoms with E-state index in [1.807, 2.05) is 0 Å². The molecule has 2 fully saturated rings. The summed E-state index contributed by atoms with van der Waals surface area (Å²) in [6.45, 7) is 8.48. The lowest BCUT2D eigenvalue weighted by molar-refractivity contribution is 0.150. The first kappa shape index (κ1) is 17.3. The predicted octanol–water partition coefficient (Wildman–Crippen LogP) is 2.91. The second kappa shape index (κ2) is 9.88. The molecule has 0 radical (unpaired) electrons. The molecule has 1 aliphatic heterocycles. The number of nitrogens with one attached hydrogen (secondary N) is 2. The van der Waals surface area contributed by atoms with Crippen LogP contribution in [0.1, 0.15) is 58.8 Å². The van der Waals surface area contributed by atoms with Gasteiger partial charge in [-0.2, -0.15) is 0 Å². The molecule has 22 heavy (non-hydrogen) atoms. The van der Waals surface area contributed by atoms with Crippen molar-refractivity contribution in [2.24, 2.45) is 4.99 Å². The number of piperidine rings is 1. The average Bonchev–Trinajstić information content (AvgIpc) is 3.07. The molecule has 2 N–H and O–H groups in total. The van der Waals surface area contributed by atoms with E-state index in [1.54, 1.807) is 0 Å². The quantitative estimate of drug-likeness (QED) is 0.343. The molecule has 1 saturated heterocycles. The summed E-state index contributed by atoms with van der Waals surface area (Å²) in [4.78, 5) is 7.39. The second-order valence-electron chi connectivity index (χ2n) is 6.51. The van der Waals surface area contributed by atoms with Gasteiger partial charge in [0.25, 0.3) is 0 Å². The molecule has 0 amide bonds. The molecule has 0 aromatic rings. The van der Waals surface area contributed by atoms with Crippen molar-refractivity contribution in [1.29, 1.82) is 0 Å². The Labute approximate surface area is 136 Å². The van der Waals surface area contributed by atoms with E-state index in [4.69, 9.17) is 0 Å². The Bertz CT molecular complexity index is 350. The van der Waals surface area contributed by atoms with Crippen LogP contribution in [0.25, 0.3) is 0 Å². The van der Waals surface area contributed by atoms with Crippen LogP contribution in [0.4, 0.5) is 0 Å². The van der Waals surface area contributed by atoms with E-state index in [0.29, 0.717) is 6.04 Å². The summed E-state index contributed by atoms with van der Waals surface area (Å²) in [7, 11) is 0. The van der Waals surface area contributed by atoms with Gasteiger partial charge in [-0.3, -0.25) is 4.99 Å². The van der Waals surface area contributed by atoms with Gasteiger partial charge in [0.1, 0.15) is 0 Å². The van der Waals surface area contributed by atoms with Gasteiger partial charge in [-0.05, 0) is 46.0 Å². The molecule has 0 spiro atoms. The van der Waals surface area contributed by atoms with E-state index < -0.39 is 0 Å². The third-order valence-electron chi connectivity index (χ3n) is 4.86. The number of nitrogens with zero attached hydrogens (tertiary/aromatic N) is 2. The van der Waals surface area contributed by atoms with E-state index in [-0.39, 0.29) is 0 Å². The fourth-order valence-electron chi connectivity index (χ4n) is 3.61. The molecule has 4 heteroatoms. The molecule has 0 unspecified atom stereocenters. The van der Waals surface area contributed by atoms with Gasteiger partial charge in [0.2, 0.25) is 0 Å². The van der Waals surface area contributed by atoms with E-state index in [9.17, 15) is 0 Å². The summed E-state index contributed by atoms with van der Waals surface area (Å²) in [5, 5.41) is 7.01. The number of allylic oxidation sites excluding steroid dienone is 1. The van der Waals surface area contributed by atoms with Crippen LogP contribution in [0.2, 0.25) is 0 Å². The van der Waals surface area contributed by atoms with Gasteiger partial charge in [0, 0.05) is 38.3 Å². The highest BCUT2D eigenvalue weighted by atomic mass is 15.2. The maximum atomic E-state index is 4.67. The van der Waals surface area contributed by atoms with Crippen molar-refractivity contribution in [2.45, 2.75) is 70.9 Å². The van der Waals surface area contributed by atoms with Crippen molar-refractivity contribution in [3.63, 3.8) is 0 Å². The third-order valence-corrected chi connectivity index (χ3v) is 4.86. The molecule has 1 heterocycles. The van der Waals surface area contributed by atoms with Crippen LogP contribution in [-0.2, 0) is 0 Å². The monoisotopic (exact) mass is 306 g/mol. The van der Waals surface area contributed by atoms with E-state index >= 15 is 0 Å². The highest BCUT2D eigenvalue weighted by molar-refractivity contribution is 5.80. The standard InChI is InChI=1S/C18H34N4/c1-3-5-8-13-20-18(19-4-2)21-16-11-14-22(15-12-16)17-9-6-7-10-17/h3,5,16-17H,4,6-15H2,1-2H3,(H2,19,20,21). The first-order valence-corrected chi connectivity index (χ1v) is 9.23. The number of hydrogen-bond donors (Lipinski definition) is 2. The van der Waals surface area contributed by atoms with E-state index in [2.05, 4.69) is 46.5 Å². The Kier molecular flexibility index (Phi) is 7.78. The SMILES string of the molecule is CC=CCCN=C(NCC)NC1CCN(C2CCCC2)CC1. The fraction of sp³-hybridized carbons (Fsp3) is 0.833. The Balaban J connectivity index is 1.73. The summed E-state index contributed by atoms with van der Waals surface area (Å²) >= 11 is 0. The summed E-state index contributed by atoms with van der Waals surface area (Å²) < 4.78 is 0. The summed E-state index contributed by atoms with van der Waals surface area (Å²) in [6.07, 6.45) is 13.5. The Hall–Kier alpha value is -1.03. The molecule has 4 nitrogen and oxygen atoms in total. The average molecular weight is 306 g/mol. The summed E-state index contributed by atoms with van der Waals surface area (Å²) in [6, 6.07) is 1.46. The van der Waals surface area contributed by atoms with Crippen LogP contribution < -0.4 is 10.6 Å². The van der Waals surface area contributed by atoms with Crippen molar-refractivity contribution < 1.29 is 0 Å². The van der Waals surface area contributed by atoms with Crippen LogP contribution in [0, 0.1) is 0 Å². The molecule has 126 valence electrons. The van der Waals surface area contributed by atoms with Crippen molar-refractivity contribution in [2.75, 3.05) is 26.2 Å². The zero-order valence-corrected chi connectivity index (χ0v) is 14.5. The fourth-order valence-corrected chi connectivity index (χ4v) is 3.61. The Morgan fingerprint density at radius 3 is 2.55 bits per heavy atom. The van der Waals surface area contributed by atoms with Gasteiger partial charge >= 0.3 is 0 Å². The number of rotatable bonds is 6. The molecule has 0 aromatic carbocycles. The molecule has 2 aliphatic rings. The first-order chi connectivity index (χ1) is 10.8. The lowest BCUT2D eigenvalue weighted by Crippen LogP contribution is -2.50. The molecule has 0 atom stereocenters. The molecular formula is C18H34N4. The smallest absolute Gasteiger partial charge is 0.191 e. The van der Waals surface area contributed by atoms with E-state index in [1.165, 1.54) is 51.6 Å². The number of guanidine groups is 1. The van der Waals surface area contributed by atoms with Crippen molar-refractivity contribution in [3.8, 4) is 0 Å². The Morgan fingerprint density at radius 1 is 1.18 bits per heavy atom. The predicted molar refractivity (Wildman–Crippen MR) is 95.4 cm³/mol. The van der Waals surface area contributed by atoms with E-state index in [0.717, 1.165) is 31.5 Å². The molecule has 2 rings (SSSR count). The molecular weight excluding hydrogens is 272 g/mol. The molecule has 1 aliphatic carbocycles. The van der Waals surface area contributed by atoms with Crippen molar-refractivity contribution >= 4 is 5.96 Å². The number of hydrogen-bond acceptors (Lipinski definition) is 2. The van der Waals surface area contributed by atoms with Gasteiger partial charge in [-0.15, -0.1) is 0 Å². The lowest BCUT2D eigenvalue weighted by atomic mass is 10.0. The van der Waals surface area contributed by atoms with Crippen LogP contribution in [-0.4, -0.2) is 49.1 Å². The summed E-state index contributed by atoms with van der Waals surface area (Å²) in [5.74, 6) is 0.992. The van der Waals surface area contributed by atoms with Gasteiger partial charge < -0.3 is 15.5 Å². The molecule has 0 aromatic heterocycles. The van der Waals surface area contributed by atoms with Gasteiger partial charge in [0.15, 0.2) is 5.96 Å². The maximum absolute atomic E-state index is 4.67.